The zero-order valence-electron chi connectivity index (χ0n) is 8.86. The maximum atomic E-state index is 9.74. The van der Waals surface area contributed by atoms with Gasteiger partial charge in [-0.25, -0.2) is 0 Å². The number of hydrogen-bond donors (Lipinski definition) is 2. The lowest BCUT2D eigenvalue weighted by atomic mass is 9.80. The molecule has 0 aromatic heterocycles. The summed E-state index contributed by atoms with van der Waals surface area (Å²) in [5.74, 6) is 0.307. The Bertz CT molecular complexity index is 356. The first kappa shape index (κ1) is 10.5. The minimum absolute atomic E-state index is 0.00270. The minimum atomic E-state index is -0.508. The van der Waals surface area contributed by atoms with Crippen molar-refractivity contribution >= 4 is 0 Å². The Labute approximate surface area is 89.3 Å². The van der Waals surface area contributed by atoms with Gasteiger partial charge in [0.15, 0.2) is 0 Å². The summed E-state index contributed by atoms with van der Waals surface area (Å²) in [4.78, 5) is 0. The molecule has 1 aliphatic carbocycles. The first-order valence-electron chi connectivity index (χ1n) is 5.16. The summed E-state index contributed by atoms with van der Waals surface area (Å²) >= 11 is 0. The van der Waals surface area contributed by atoms with Crippen molar-refractivity contribution in [3.8, 4) is 5.75 Å². The standard InChI is InChI=1S/C12H16O3/c1-15-12(8-13)6-5-9-3-2-4-11(14)10(9)7-12/h2-4,13-14H,5-8H2,1H3. The number of aryl methyl sites for hydroxylation is 1. The van der Waals surface area contributed by atoms with Gasteiger partial charge in [-0.05, 0) is 24.5 Å². The molecule has 0 aliphatic heterocycles. The third-order valence-corrected chi connectivity index (χ3v) is 3.32. The highest BCUT2D eigenvalue weighted by Gasteiger charge is 2.34. The van der Waals surface area contributed by atoms with Crippen LogP contribution in [0.25, 0.3) is 0 Å². The van der Waals surface area contributed by atoms with E-state index >= 15 is 0 Å². The van der Waals surface area contributed by atoms with Gasteiger partial charge in [0.25, 0.3) is 0 Å². The van der Waals surface area contributed by atoms with Gasteiger partial charge in [0, 0.05) is 19.1 Å². The highest BCUT2D eigenvalue weighted by atomic mass is 16.5. The fourth-order valence-corrected chi connectivity index (χ4v) is 2.21. The van der Waals surface area contributed by atoms with Crippen LogP contribution < -0.4 is 0 Å². The predicted molar refractivity (Wildman–Crippen MR) is 57.0 cm³/mol. The quantitative estimate of drug-likeness (QED) is 0.769. The molecule has 1 atom stereocenters. The van der Waals surface area contributed by atoms with Crippen molar-refractivity contribution in [1.29, 1.82) is 0 Å². The lowest BCUT2D eigenvalue weighted by Gasteiger charge is -2.35. The van der Waals surface area contributed by atoms with Crippen LogP contribution in [-0.4, -0.2) is 29.5 Å². The van der Waals surface area contributed by atoms with Crippen LogP contribution in [0.4, 0.5) is 0 Å². The van der Waals surface area contributed by atoms with Crippen molar-refractivity contribution in [2.45, 2.75) is 24.9 Å². The van der Waals surface area contributed by atoms with Crippen LogP contribution in [0, 0.1) is 0 Å². The number of aliphatic hydroxyl groups excluding tert-OH is 1. The smallest absolute Gasteiger partial charge is 0.119 e. The fraction of sp³-hybridized carbons (Fsp3) is 0.500. The Hall–Kier alpha value is -1.06. The molecule has 15 heavy (non-hydrogen) atoms. The largest absolute Gasteiger partial charge is 0.508 e. The van der Waals surface area contributed by atoms with Crippen LogP contribution in [0.2, 0.25) is 0 Å². The number of ether oxygens (including phenoxy) is 1. The Morgan fingerprint density at radius 1 is 1.47 bits per heavy atom. The number of phenolic OH excluding ortho intramolecular Hbond substituents is 1. The number of aliphatic hydroxyl groups is 1. The molecule has 0 bridgehead atoms. The summed E-state index contributed by atoms with van der Waals surface area (Å²) < 4.78 is 5.38. The predicted octanol–water partition coefficient (Wildman–Crippen LogP) is 1.26. The van der Waals surface area contributed by atoms with E-state index < -0.39 is 5.60 Å². The van der Waals surface area contributed by atoms with Gasteiger partial charge >= 0.3 is 0 Å². The zero-order chi connectivity index (χ0) is 10.9. The summed E-state index contributed by atoms with van der Waals surface area (Å²) in [6, 6.07) is 5.56. The van der Waals surface area contributed by atoms with Crippen molar-refractivity contribution in [2.75, 3.05) is 13.7 Å². The number of hydrogen-bond acceptors (Lipinski definition) is 3. The van der Waals surface area contributed by atoms with Gasteiger partial charge in [-0.1, -0.05) is 12.1 Å². The van der Waals surface area contributed by atoms with E-state index in [2.05, 4.69) is 0 Å². The molecule has 1 aromatic carbocycles. The van der Waals surface area contributed by atoms with E-state index in [1.807, 2.05) is 12.1 Å². The third-order valence-electron chi connectivity index (χ3n) is 3.32. The summed E-state index contributed by atoms with van der Waals surface area (Å²) in [6.45, 7) is -0.00270. The van der Waals surface area contributed by atoms with E-state index in [1.54, 1.807) is 13.2 Å². The average Bonchev–Trinajstić information content (AvgIpc) is 2.29. The molecule has 2 N–H and O–H groups in total. The Kier molecular flexibility index (Phi) is 2.67. The van der Waals surface area contributed by atoms with Gasteiger partial charge < -0.3 is 14.9 Å². The molecular weight excluding hydrogens is 192 g/mol. The minimum Gasteiger partial charge on any atom is -0.508 e. The second kappa shape index (κ2) is 3.83. The van der Waals surface area contributed by atoms with Gasteiger partial charge in [0.1, 0.15) is 5.75 Å². The summed E-state index contributed by atoms with van der Waals surface area (Å²) in [7, 11) is 1.61. The molecule has 3 nitrogen and oxygen atoms in total. The molecule has 1 aromatic rings. The second-order valence-corrected chi connectivity index (χ2v) is 4.14. The second-order valence-electron chi connectivity index (χ2n) is 4.14. The van der Waals surface area contributed by atoms with Gasteiger partial charge in [-0.15, -0.1) is 0 Å². The lowest BCUT2D eigenvalue weighted by molar-refractivity contribution is -0.0610. The van der Waals surface area contributed by atoms with Crippen molar-refractivity contribution in [1.82, 2.24) is 0 Å². The topological polar surface area (TPSA) is 49.7 Å². The summed E-state index contributed by atoms with van der Waals surface area (Å²) in [5.41, 5.74) is 1.57. The summed E-state index contributed by atoms with van der Waals surface area (Å²) in [6.07, 6.45) is 2.23. The average molecular weight is 208 g/mol. The molecule has 1 unspecified atom stereocenters. The maximum Gasteiger partial charge on any atom is 0.119 e. The number of aromatic hydroxyl groups is 1. The van der Waals surface area contributed by atoms with Gasteiger partial charge in [-0.3, -0.25) is 0 Å². The normalized spacial score (nSPS) is 24.9. The van der Waals surface area contributed by atoms with Crippen molar-refractivity contribution in [3.63, 3.8) is 0 Å². The van der Waals surface area contributed by atoms with E-state index in [-0.39, 0.29) is 6.61 Å². The Balaban J connectivity index is 2.36. The molecule has 0 spiro atoms. The van der Waals surface area contributed by atoms with E-state index in [4.69, 9.17) is 4.74 Å². The van der Waals surface area contributed by atoms with E-state index in [0.717, 1.165) is 24.0 Å². The molecule has 0 radical (unpaired) electrons. The number of methoxy groups -OCH3 is 1. The number of fused-ring (bicyclic) bond motifs is 1. The van der Waals surface area contributed by atoms with Crippen molar-refractivity contribution in [2.24, 2.45) is 0 Å². The van der Waals surface area contributed by atoms with Crippen LogP contribution in [0.1, 0.15) is 17.5 Å². The molecule has 0 heterocycles. The number of benzene rings is 1. The third kappa shape index (κ3) is 1.73. The van der Waals surface area contributed by atoms with Crippen LogP contribution in [0.5, 0.6) is 5.75 Å². The van der Waals surface area contributed by atoms with E-state index in [0.29, 0.717) is 12.2 Å². The number of phenols is 1. The van der Waals surface area contributed by atoms with E-state index in [9.17, 15) is 10.2 Å². The Morgan fingerprint density at radius 2 is 2.27 bits per heavy atom. The lowest BCUT2D eigenvalue weighted by Crippen LogP contribution is -2.41. The molecule has 3 heteroatoms. The van der Waals surface area contributed by atoms with Crippen molar-refractivity contribution in [3.05, 3.63) is 29.3 Å². The SMILES string of the molecule is COC1(CO)CCc2cccc(O)c2C1. The van der Waals surface area contributed by atoms with Crippen LogP contribution in [0.15, 0.2) is 18.2 Å². The fourth-order valence-electron chi connectivity index (χ4n) is 2.21. The molecule has 0 saturated carbocycles. The van der Waals surface area contributed by atoms with Gasteiger partial charge in [0.05, 0.1) is 12.2 Å². The monoisotopic (exact) mass is 208 g/mol. The van der Waals surface area contributed by atoms with Crippen LogP contribution in [0.3, 0.4) is 0 Å². The number of rotatable bonds is 2. The van der Waals surface area contributed by atoms with Crippen molar-refractivity contribution < 1.29 is 14.9 Å². The molecule has 82 valence electrons. The van der Waals surface area contributed by atoms with Crippen LogP contribution >= 0.6 is 0 Å². The molecule has 0 fully saturated rings. The first-order chi connectivity index (χ1) is 7.21. The molecule has 1 aliphatic rings. The van der Waals surface area contributed by atoms with Gasteiger partial charge in [-0.2, -0.15) is 0 Å². The Morgan fingerprint density at radius 3 is 2.93 bits per heavy atom. The zero-order valence-corrected chi connectivity index (χ0v) is 8.86. The van der Waals surface area contributed by atoms with Crippen LogP contribution in [-0.2, 0) is 17.6 Å². The summed E-state index contributed by atoms with van der Waals surface area (Å²) in [5, 5.41) is 19.1. The molecule has 2 rings (SSSR count). The van der Waals surface area contributed by atoms with E-state index in [1.165, 1.54) is 0 Å². The first-order valence-corrected chi connectivity index (χ1v) is 5.16. The highest BCUT2D eigenvalue weighted by molar-refractivity contribution is 5.42. The molecule has 0 amide bonds. The van der Waals surface area contributed by atoms with Gasteiger partial charge in [0.2, 0.25) is 0 Å². The molecule has 0 saturated heterocycles. The maximum absolute atomic E-state index is 9.74. The molecular formula is C12H16O3. The highest BCUT2D eigenvalue weighted by Crippen LogP contribution is 2.35.